The van der Waals surface area contributed by atoms with Crippen LogP contribution in [0, 0.1) is 13.8 Å². The number of carbonyl (C=O) groups excluding carboxylic acids is 3. The zero-order valence-corrected chi connectivity index (χ0v) is 19.8. The summed E-state index contributed by atoms with van der Waals surface area (Å²) in [5.41, 5.74) is 5.05. The Bertz CT molecular complexity index is 1520. The van der Waals surface area contributed by atoms with Crippen LogP contribution in [-0.2, 0) is 16.0 Å². The van der Waals surface area contributed by atoms with Gasteiger partial charge in [-0.05, 0) is 67.1 Å². The second-order valence-electron chi connectivity index (χ2n) is 8.64. The molecule has 1 aromatic heterocycles. The molecule has 4 amide bonds. The van der Waals surface area contributed by atoms with E-state index in [4.69, 9.17) is 0 Å². The molecule has 1 fully saturated rings. The molecule has 2 heterocycles. The molecule has 174 valence electrons. The lowest BCUT2D eigenvalue weighted by atomic mass is 10.1. The van der Waals surface area contributed by atoms with Gasteiger partial charge in [-0.1, -0.05) is 55.5 Å². The molecule has 1 saturated heterocycles. The Morgan fingerprint density at radius 1 is 0.886 bits per heavy atom. The first-order chi connectivity index (χ1) is 16.9. The molecule has 1 N–H and O–H groups in total. The molecule has 35 heavy (non-hydrogen) atoms. The maximum atomic E-state index is 13.3. The van der Waals surface area contributed by atoms with Crippen LogP contribution in [0.2, 0.25) is 0 Å². The van der Waals surface area contributed by atoms with Gasteiger partial charge in [0.15, 0.2) is 0 Å². The summed E-state index contributed by atoms with van der Waals surface area (Å²) < 4.78 is 2.12. The standard InChI is InChI=1S/C29H25N3O3/c1-4-20-12-14-23(15-13-20)32-28(34)25(27(33)30-29(32)35)17-22-16-18(2)31(19(22)3)26-11-7-9-21-8-5-6-10-24(21)26/h5-17H,4H2,1-3H3,(H,30,33,35)/b25-17-. The molecule has 1 aliphatic heterocycles. The third-order valence-electron chi connectivity index (χ3n) is 6.48. The number of rotatable bonds is 4. The normalized spacial score (nSPS) is 15.2. The van der Waals surface area contributed by atoms with Gasteiger partial charge in [0.25, 0.3) is 11.8 Å². The van der Waals surface area contributed by atoms with Gasteiger partial charge in [0.2, 0.25) is 0 Å². The highest BCUT2D eigenvalue weighted by Crippen LogP contribution is 2.29. The molecule has 0 saturated carbocycles. The minimum atomic E-state index is -0.748. The van der Waals surface area contributed by atoms with E-state index >= 15 is 0 Å². The molecule has 0 unspecified atom stereocenters. The number of aryl methyl sites for hydroxylation is 2. The fourth-order valence-corrected chi connectivity index (χ4v) is 4.64. The van der Waals surface area contributed by atoms with Crippen LogP contribution in [0.4, 0.5) is 10.5 Å². The zero-order valence-electron chi connectivity index (χ0n) is 19.8. The Balaban J connectivity index is 1.57. The lowest BCUT2D eigenvalue weighted by Gasteiger charge is -2.26. The van der Waals surface area contributed by atoms with Crippen molar-refractivity contribution in [2.45, 2.75) is 27.2 Å². The Hall–Kier alpha value is -4.45. The maximum Gasteiger partial charge on any atom is 0.335 e. The van der Waals surface area contributed by atoms with Crippen molar-refractivity contribution in [2.75, 3.05) is 4.90 Å². The number of benzene rings is 3. The molecule has 5 rings (SSSR count). The number of amides is 4. The molecule has 4 aromatic rings. The summed E-state index contributed by atoms with van der Waals surface area (Å²) in [5, 5.41) is 4.54. The summed E-state index contributed by atoms with van der Waals surface area (Å²) in [7, 11) is 0. The molecule has 3 aromatic carbocycles. The lowest BCUT2D eigenvalue weighted by molar-refractivity contribution is -0.122. The summed E-state index contributed by atoms with van der Waals surface area (Å²) in [6, 6.07) is 22.7. The van der Waals surface area contributed by atoms with E-state index in [2.05, 4.69) is 34.1 Å². The first kappa shape index (κ1) is 22.3. The summed E-state index contributed by atoms with van der Waals surface area (Å²) in [4.78, 5) is 39.6. The van der Waals surface area contributed by atoms with Crippen molar-refractivity contribution in [1.82, 2.24) is 9.88 Å². The fraction of sp³-hybridized carbons (Fsp3) is 0.138. The molecule has 0 atom stereocenters. The van der Waals surface area contributed by atoms with Crippen molar-refractivity contribution in [3.05, 3.63) is 101 Å². The second kappa shape index (κ2) is 8.72. The number of barbiturate groups is 1. The summed E-state index contributed by atoms with van der Waals surface area (Å²) in [5.74, 6) is -1.34. The van der Waals surface area contributed by atoms with E-state index < -0.39 is 17.8 Å². The number of hydrogen-bond acceptors (Lipinski definition) is 3. The number of carbonyl (C=O) groups is 3. The van der Waals surface area contributed by atoms with Crippen molar-refractivity contribution in [1.29, 1.82) is 0 Å². The van der Waals surface area contributed by atoms with Gasteiger partial charge in [-0.15, -0.1) is 0 Å². The third kappa shape index (κ3) is 3.83. The van der Waals surface area contributed by atoms with Crippen molar-refractivity contribution in [3.8, 4) is 5.69 Å². The highest BCUT2D eigenvalue weighted by Gasteiger charge is 2.37. The minimum absolute atomic E-state index is 0.0812. The molecule has 0 radical (unpaired) electrons. The quantitative estimate of drug-likeness (QED) is 0.322. The number of hydrogen-bond donors (Lipinski definition) is 1. The average Bonchev–Trinajstić information content (AvgIpc) is 3.14. The molecule has 6 nitrogen and oxygen atoms in total. The van der Waals surface area contributed by atoms with Gasteiger partial charge in [-0.25, -0.2) is 9.69 Å². The van der Waals surface area contributed by atoms with Gasteiger partial charge in [0, 0.05) is 16.8 Å². The predicted octanol–water partition coefficient (Wildman–Crippen LogP) is 5.48. The van der Waals surface area contributed by atoms with Crippen LogP contribution in [0.3, 0.4) is 0 Å². The van der Waals surface area contributed by atoms with Crippen LogP contribution < -0.4 is 10.2 Å². The van der Waals surface area contributed by atoms with Crippen molar-refractivity contribution < 1.29 is 14.4 Å². The van der Waals surface area contributed by atoms with Crippen LogP contribution in [0.15, 0.2) is 78.4 Å². The average molecular weight is 464 g/mol. The molecule has 0 spiro atoms. The number of nitrogens with zero attached hydrogens (tertiary/aromatic N) is 2. The van der Waals surface area contributed by atoms with Crippen LogP contribution in [0.1, 0.15) is 29.4 Å². The van der Waals surface area contributed by atoms with Gasteiger partial charge in [0.1, 0.15) is 5.57 Å². The highest BCUT2D eigenvalue weighted by atomic mass is 16.2. The molecular weight excluding hydrogens is 438 g/mol. The Kier molecular flexibility index (Phi) is 5.57. The van der Waals surface area contributed by atoms with Gasteiger partial charge in [0.05, 0.1) is 11.4 Å². The van der Waals surface area contributed by atoms with Gasteiger partial charge < -0.3 is 4.57 Å². The molecule has 1 aliphatic rings. The van der Waals surface area contributed by atoms with E-state index in [1.165, 1.54) is 0 Å². The van der Waals surface area contributed by atoms with Crippen LogP contribution in [0.25, 0.3) is 22.5 Å². The van der Waals surface area contributed by atoms with Crippen LogP contribution in [0.5, 0.6) is 0 Å². The highest BCUT2D eigenvalue weighted by molar-refractivity contribution is 6.39. The third-order valence-corrected chi connectivity index (χ3v) is 6.48. The van der Waals surface area contributed by atoms with Crippen LogP contribution in [-0.4, -0.2) is 22.4 Å². The van der Waals surface area contributed by atoms with Gasteiger partial charge in [-0.2, -0.15) is 0 Å². The largest absolute Gasteiger partial charge is 0.335 e. The SMILES string of the molecule is CCc1ccc(N2C(=O)NC(=O)/C(=C/c3cc(C)n(-c4cccc5ccccc45)c3C)C2=O)cc1. The van der Waals surface area contributed by atoms with E-state index in [1.807, 2.05) is 57.2 Å². The summed E-state index contributed by atoms with van der Waals surface area (Å²) in [6.45, 7) is 5.98. The van der Waals surface area contributed by atoms with E-state index in [0.29, 0.717) is 5.69 Å². The van der Waals surface area contributed by atoms with Crippen molar-refractivity contribution in [2.24, 2.45) is 0 Å². The van der Waals surface area contributed by atoms with Crippen LogP contribution >= 0.6 is 0 Å². The van der Waals surface area contributed by atoms with E-state index in [1.54, 1.807) is 18.2 Å². The fourth-order valence-electron chi connectivity index (χ4n) is 4.64. The molecule has 0 aliphatic carbocycles. The first-order valence-electron chi connectivity index (χ1n) is 11.6. The van der Waals surface area contributed by atoms with Crippen molar-refractivity contribution >= 4 is 40.4 Å². The first-order valence-corrected chi connectivity index (χ1v) is 11.6. The number of aromatic nitrogens is 1. The molecule has 6 heteroatoms. The maximum absolute atomic E-state index is 13.3. The van der Waals surface area contributed by atoms with Gasteiger partial charge in [-0.3, -0.25) is 14.9 Å². The molecule has 0 bridgehead atoms. The number of imide groups is 2. The topological polar surface area (TPSA) is 71.4 Å². The Morgan fingerprint density at radius 2 is 1.60 bits per heavy atom. The number of anilines is 1. The number of urea groups is 1. The van der Waals surface area contributed by atoms with E-state index in [0.717, 1.165) is 50.3 Å². The van der Waals surface area contributed by atoms with Crippen molar-refractivity contribution in [3.63, 3.8) is 0 Å². The second-order valence-corrected chi connectivity index (χ2v) is 8.64. The Labute approximate surface area is 203 Å². The lowest BCUT2D eigenvalue weighted by Crippen LogP contribution is -2.54. The van der Waals surface area contributed by atoms with E-state index in [9.17, 15) is 14.4 Å². The monoisotopic (exact) mass is 463 g/mol. The predicted molar refractivity (Wildman–Crippen MR) is 138 cm³/mol. The summed E-state index contributed by atoms with van der Waals surface area (Å²) >= 11 is 0. The smallest absolute Gasteiger partial charge is 0.317 e. The zero-order chi connectivity index (χ0) is 24.7. The minimum Gasteiger partial charge on any atom is -0.317 e. The van der Waals surface area contributed by atoms with E-state index in [-0.39, 0.29) is 5.57 Å². The number of fused-ring (bicyclic) bond motifs is 1. The molecular formula is C29H25N3O3. The Morgan fingerprint density at radius 3 is 2.34 bits per heavy atom. The van der Waals surface area contributed by atoms with Gasteiger partial charge >= 0.3 is 6.03 Å². The summed E-state index contributed by atoms with van der Waals surface area (Å²) in [6.07, 6.45) is 2.41. The number of nitrogens with one attached hydrogen (secondary N) is 1.